The highest BCUT2D eigenvalue weighted by atomic mass is 79.9. The molecule has 1 aromatic carbocycles. The van der Waals surface area contributed by atoms with E-state index >= 15 is 0 Å². The number of fused-ring (bicyclic) bond motifs is 2. The molecule has 4 aromatic rings. The maximum Gasteiger partial charge on any atom is 0.235 e. The Hall–Kier alpha value is -2.61. The maximum atomic E-state index is 12.8. The zero-order chi connectivity index (χ0) is 25.6. The molecule has 3 aromatic heterocycles. The van der Waals surface area contributed by atoms with Gasteiger partial charge in [-0.25, -0.2) is 0 Å². The number of nitrogens with one attached hydrogen (secondary N) is 1. The molecule has 36 heavy (non-hydrogen) atoms. The van der Waals surface area contributed by atoms with E-state index in [1.165, 1.54) is 16.6 Å². The zero-order valence-corrected chi connectivity index (χ0v) is 23.7. The molecule has 0 spiro atoms. The molecule has 0 saturated heterocycles. The topological polar surface area (TPSA) is 96.7 Å². The predicted octanol–water partition coefficient (Wildman–Crippen LogP) is 6.81. The first-order chi connectivity index (χ1) is 17.1. The van der Waals surface area contributed by atoms with Crippen LogP contribution in [0.3, 0.4) is 0 Å². The summed E-state index contributed by atoms with van der Waals surface area (Å²) in [5, 5.41) is 23.5. The standard InChI is InChI=1S/C26H26BrN5O2S2/c1-26(2,3)15-5-7-17-18(12-28)24(36-21(17)11-15)29-22(33)13-35-25-31-30-23(32(25)4)20-10-14-9-16(27)6-8-19(14)34-20/h6,8-10,15H,5,7,11,13H2,1-4H3,(H,29,33)/t15-/m1/s1. The van der Waals surface area contributed by atoms with Crippen LogP contribution in [0, 0.1) is 22.7 Å². The van der Waals surface area contributed by atoms with Crippen molar-refractivity contribution in [1.82, 2.24) is 14.8 Å². The highest BCUT2D eigenvalue weighted by Gasteiger charge is 2.32. The third kappa shape index (κ3) is 4.84. The number of thiophene rings is 1. The molecular formula is C26H26BrN5O2S2. The third-order valence-corrected chi connectivity index (χ3v) is 9.40. The first-order valence-electron chi connectivity index (χ1n) is 11.7. The summed E-state index contributed by atoms with van der Waals surface area (Å²) in [6.45, 7) is 6.81. The van der Waals surface area contributed by atoms with Gasteiger partial charge >= 0.3 is 0 Å². The Bertz CT molecular complexity index is 1510. The van der Waals surface area contributed by atoms with E-state index in [9.17, 15) is 10.1 Å². The molecule has 1 aliphatic rings. The quantitative estimate of drug-likeness (QED) is 0.259. The number of hydrogen-bond acceptors (Lipinski definition) is 7. The molecular weight excluding hydrogens is 558 g/mol. The molecule has 186 valence electrons. The van der Waals surface area contributed by atoms with Gasteiger partial charge in [-0.15, -0.1) is 21.5 Å². The highest BCUT2D eigenvalue weighted by Crippen LogP contribution is 2.44. The summed E-state index contributed by atoms with van der Waals surface area (Å²) in [7, 11) is 1.85. The molecule has 3 heterocycles. The molecule has 0 radical (unpaired) electrons. The smallest absolute Gasteiger partial charge is 0.235 e. The van der Waals surface area contributed by atoms with Crippen LogP contribution < -0.4 is 5.32 Å². The van der Waals surface area contributed by atoms with Crippen LogP contribution in [-0.2, 0) is 24.7 Å². The largest absolute Gasteiger partial charge is 0.453 e. The lowest BCUT2D eigenvalue weighted by Gasteiger charge is -2.33. The van der Waals surface area contributed by atoms with Gasteiger partial charge in [0, 0.05) is 21.8 Å². The Kier molecular flexibility index (Phi) is 6.74. The number of hydrogen-bond donors (Lipinski definition) is 1. The highest BCUT2D eigenvalue weighted by molar-refractivity contribution is 9.10. The fourth-order valence-corrected chi connectivity index (χ4v) is 6.99. The fraction of sp³-hybridized carbons (Fsp3) is 0.385. The van der Waals surface area contributed by atoms with Crippen molar-refractivity contribution in [3.8, 4) is 17.7 Å². The summed E-state index contributed by atoms with van der Waals surface area (Å²) in [6, 6.07) is 10.1. The Morgan fingerprint density at radius 3 is 2.92 bits per heavy atom. The van der Waals surface area contributed by atoms with Crippen molar-refractivity contribution in [2.75, 3.05) is 11.1 Å². The number of halogens is 1. The fourth-order valence-electron chi connectivity index (χ4n) is 4.60. The Morgan fingerprint density at radius 1 is 1.36 bits per heavy atom. The minimum atomic E-state index is -0.166. The molecule has 1 amide bonds. The molecule has 0 saturated carbocycles. The normalized spacial score (nSPS) is 15.6. The van der Waals surface area contributed by atoms with Crippen molar-refractivity contribution in [3.63, 3.8) is 0 Å². The van der Waals surface area contributed by atoms with E-state index in [0.717, 1.165) is 40.3 Å². The number of rotatable bonds is 5. The monoisotopic (exact) mass is 583 g/mol. The van der Waals surface area contributed by atoms with Crippen LogP contribution in [0.25, 0.3) is 22.6 Å². The van der Waals surface area contributed by atoms with E-state index in [0.29, 0.717) is 33.2 Å². The second kappa shape index (κ2) is 9.69. The van der Waals surface area contributed by atoms with E-state index in [-0.39, 0.29) is 17.1 Å². The van der Waals surface area contributed by atoms with E-state index < -0.39 is 0 Å². The van der Waals surface area contributed by atoms with E-state index in [4.69, 9.17) is 4.42 Å². The molecule has 0 aliphatic heterocycles. The summed E-state index contributed by atoms with van der Waals surface area (Å²) in [5.74, 6) is 1.78. The number of nitrogens with zero attached hydrogens (tertiary/aromatic N) is 4. The van der Waals surface area contributed by atoms with Crippen molar-refractivity contribution < 1.29 is 9.21 Å². The van der Waals surface area contributed by atoms with Crippen molar-refractivity contribution in [2.45, 2.75) is 45.2 Å². The summed E-state index contributed by atoms with van der Waals surface area (Å²) in [6.07, 6.45) is 2.92. The van der Waals surface area contributed by atoms with Gasteiger partial charge in [-0.1, -0.05) is 48.5 Å². The molecule has 1 aliphatic carbocycles. The average Bonchev–Trinajstić information content (AvgIpc) is 3.50. The number of carbonyl (C=O) groups is 1. The zero-order valence-electron chi connectivity index (χ0n) is 20.5. The third-order valence-electron chi connectivity index (χ3n) is 6.72. The van der Waals surface area contributed by atoms with Gasteiger partial charge < -0.3 is 14.3 Å². The van der Waals surface area contributed by atoms with Gasteiger partial charge in [-0.3, -0.25) is 4.79 Å². The molecule has 0 bridgehead atoms. The van der Waals surface area contributed by atoms with E-state index in [1.807, 2.05) is 35.9 Å². The van der Waals surface area contributed by atoms with Crippen LogP contribution in [0.5, 0.6) is 0 Å². The molecule has 5 rings (SSSR count). The first-order valence-corrected chi connectivity index (χ1v) is 14.3. The lowest BCUT2D eigenvalue weighted by atomic mass is 9.72. The summed E-state index contributed by atoms with van der Waals surface area (Å²) >= 11 is 6.33. The van der Waals surface area contributed by atoms with Crippen molar-refractivity contribution in [2.24, 2.45) is 18.4 Å². The lowest BCUT2D eigenvalue weighted by Crippen LogP contribution is -2.26. The molecule has 1 atom stereocenters. The van der Waals surface area contributed by atoms with Crippen molar-refractivity contribution >= 4 is 60.9 Å². The van der Waals surface area contributed by atoms with Crippen LogP contribution in [0.1, 0.15) is 43.2 Å². The average molecular weight is 585 g/mol. The number of thioether (sulfide) groups is 1. The molecule has 7 nitrogen and oxygen atoms in total. The minimum absolute atomic E-state index is 0.164. The summed E-state index contributed by atoms with van der Waals surface area (Å²) < 4.78 is 8.74. The Morgan fingerprint density at radius 2 is 2.17 bits per heavy atom. The second-order valence-corrected chi connectivity index (χ2v) is 13.1. The minimum Gasteiger partial charge on any atom is -0.453 e. The van der Waals surface area contributed by atoms with Crippen LogP contribution in [0.2, 0.25) is 0 Å². The van der Waals surface area contributed by atoms with Crippen molar-refractivity contribution in [1.29, 1.82) is 5.26 Å². The van der Waals surface area contributed by atoms with Crippen LogP contribution in [-0.4, -0.2) is 26.4 Å². The number of carbonyl (C=O) groups excluding carboxylic acids is 1. The number of furan rings is 1. The SMILES string of the molecule is Cn1c(SCC(=O)Nc2sc3c(c2C#N)CC[C@@H](C(C)(C)C)C3)nnc1-c1cc2cc(Br)ccc2o1. The number of anilines is 1. The lowest BCUT2D eigenvalue weighted by molar-refractivity contribution is -0.113. The Balaban J connectivity index is 1.27. The number of benzene rings is 1. The van der Waals surface area contributed by atoms with Gasteiger partial charge in [0.1, 0.15) is 16.7 Å². The Labute approximate surface area is 226 Å². The number of amides is 1. The molecule has 10 heteroatoms. The van der Waals surface area contributed by atoms with Gasteiger partial charge in [0.15, 0.2) is 16.7 Å². The molecule has 0 fully saturated rings. The first kappa shape index (κ1) is 25.1. The van der Waals surface area contributed by atoms with Crippen molar-refractivity contribution in [3.05, 3.63) is 44.7 Å². The maximum absolute atomic E-state index is 12.8. The summed E-state index contributed by atoms with van der Waals surface area (Å²) in [5.41, 5.74) is 2.73. The second-order valence-electron chi connectivity index (χ2n) is 10.1. The van der Waals surface area contributed by atoms with E-state index in [1.54, 1.807) is 11.3 Å². The van der Waals surface area contributed by atoms with Gasteiger partial charge in [0.25, 0.3) is 0 Å². The van der Waals surface area contributed by atoms with Crippen LogP contribution in [0.15, 0.2) is 38.3 Å². The van der Waals surface area contributed by atoms with Crippen LogP contribution >= 0.6 is 39.0 Å². The summed E-state index contributed by atoms with van der Waals surface area (Å²) in [4.78, 5) is 14.0. The van der Waals surface area contributed by atoms with Gasteiger partial charge in [-0.05, 0) is 60.4 Å². The molecule has 0 unspecified atom stereocenters. The predicted molar refractivity (Wildman–Crippen MR) is 147 cm³/mol. The molecule has 1 N–H and O–H groups in total. The number of aromatic nitrogens is 3. The van der Waals surface area contributed by atoms with Gasteiger partial charge in [0.05, 0.1) is 11.3 Å². The van der Waals surface area contributed by atoms with E-state index in [2.05, 4.69) is 58.3 Å². The number of nitriles is 1. The van der Waals surface area contributed by atoms with Crippen LogP contribution in [0.4, 0.5) is 5.00 Å². The van der Waals surface area contributed by atoms with Gasteiger partial charge in [-0.2, -0.15) is 5.26 Å². The van der Waals surface area contributed by atoms with Gasteiger partial charge in [0.2, 0.25) is 5.91 Å².